The summed E-state index contributed by atoms with van der Waals surface area (Å²) in [6.45, 7) is 3.78. The molecule has 24 heavy (non-hydrogen) atoms. The number of carbonyl (C=O) groups is 1. The maximum absolute atomic E-state index is 12.2. The molecule has 0 radical (unpaired) electrons. The summed E-state index contributed by atoms with van der Waals surface area (Å²) in [6.07, 6.45) is 0. The first-order valence-electron chi connectivity index (χ1n) is 7.15. The molecule has 0 aliphatic carbocycles. The molecule has 0 fully saturated rings. The van der Waals surface area contributed by atoms with Crippen LogP contribution in [0.3, 0.4) is 0 Å². The van der Waals surface area contributed by atoms with E-state index >= 15 is 0 Å². The predicted molar refractivity (Wildman–Crippen MR) is 88.7 cm³/mol. The summed E-state index contributed by atoms with van der Waals surface area (Å²) in [5, 5.41) is 18.3. The Morgan fingerprint density at radius 1 is 1.46 bits per heavy atom. The number of nitro groups is 1. The van der Waals surface area contributed by atoms with E-state index in [2.05, 4.69) is 10.4 Å². The minimum atomic E-state index is -0.455. The Balaban J connectivity index is 2.05. The van der Waals surface area contributed by atoms with Crippen LogP contribution >= 0.6 is 11.6 Å². The molecule has 0 spiro atoms. The molecule has 1 amide bonds. The Morgan fingerprint density at radius 3 is 2.75 bits per heavy atom. The highest BCUT2D eigenvalue weighted by atomic mass is 35.5. The van der Waals surface area contributed by atoms with Gasteiger partial charge in [-0.1, -0.05) is 11.6 Å². The van der Waals surface area contributed by atoms with Crippen molar-refractivity contribution in [1.29, 1.82) is 0 Å². The quantitative estimate of drug-likeness (QED) is 0.636. The van der Waals surface area contributed by atoms with Crippen LogP contribution in [0, 0.1) is 24.0 Å². The van der Waals surface area contributed by atoms with E-state index in [0.29, 0.717) is 34.3 Å². The lowest BCUT2D eigenvalue weighted by atomic mass is 10.2. The lowest BCUT2D eigenvalue weighted by molar-refractivity contribution is -0.386. The predicted octanol–water partition coefficient (Wildman–Crippen LogP) is 2.50. The number of ether oxygens (including phenoxy) is 1. The summed E-state index contributed by atoms with van der Waals surface area (Å²) in [6, 6.07) is 4.76. The van der Waals surface area contributed by atoms with E-state index < -0.39 is 4.92 Å². The fourth-order valence-corrected chi connectivity index (χ4v) is 2.57. The highest BCUT2D eigenvalue weighted by molar-refractivity contribution is 6.31. The van der Waals surface area contributed by atoms with E-state index in [1.807, 2.05) is 0 Å². The van der Waals surface area contributed by atoms with Crippen molar-refractivity contribution in [3.05, 3.63) is 50.3 Å². The zero-order valence-corrected chi connectivity index (χ0v) is 14.3. The number of hydrogen-bond acceptors (Lipinski definition) is 5. The smallest absolute Gasteiger partial charge is 0.312 e. The van der Waals surface area contributed by atoms with Gasteiger partial charge in [-0.15, -0.1) is 0 Å². The summed E-state index contributed by atoms with van der Waals surface area (Å²) < 4.78 is 6.64. The molecule has 1 heterocycles. The molecule has 9 heteroatoms. The Hall–Kier alpha value is -2.61. The van der Waals surface area contributed by atoms with E-state index in [9.17, 15) is 14.9 Å². The van der Waals surface area contributed by atoms with Gasteiger partial charge in [0, 0.05) is 11.6 Å². The second-order valence-corrected chi connectivity index (χ2v) is 5.54. The van der Waals surface area contributed by atoms with Crippen LogP contribution in [0.25, 0.3) is 0 Å². The molecule has 1 aromatic carbocycles. The summed E-state index contributed by atoms with van der Waals surface area (Å²) in [4.78, 5) is 22.8. The third kappa shape index (κ3) is 3.65. The van der Waals surface area contributed by atoms with E-state index in [-0.39, 0.29) is 18.1 Å². The third-order valence-corrected chi connectivity index (χ3v) is 3.78. The lowest BCUT2D eigenvalue weighted by Crippen LogP contribution is -2.28. The number of rotatable bonds is 6. The van der Waals surface area contributed by atoms with Gasteiger partial charge in [-0.25, -0.2) is 0 Å². The van der Waals surface area contributed by atoms with Gasteiger partial charge in [0.1, 0.15) is 17.1 Å². The summed E-state index contributed by atoms with van der Waals surface area (Å²) in [5.41, 5.74) is 1.12. The standard InChI is InChI=1S/C15H17ClN4O4/c1-9-14(20(22)23)10(2)19(18-9)7-6-17-15(21)12-8-11(16)4-5-13(12)24-3/h4-5,8H,6-7H2,1-3H3,(H,17,21). The molecular formula is C15H17ClN4O4. The van der Waals surface area contributed by atoms with Crippen LogP contribution in [0.4, 0.5) is 5.69 Å². The minimum Gasteiger partial charge on any atom is -0.496 e. The topological polar surface area (TPSA) is 99.3 Å². The maximum atomic E-state index is 12.2. The van der Waals surface area contributed by atoms with Gasteiger partial charge >= 0.3 is 5.69 Å². The van der Waals surface area contributed by atoms with Crippen molar-refractivity contribution in [1.82, 2.24) is 15.1 Å². The molecule has 0 aliphatic rings. The van der Waals surface area contributed by atoms with Crippen LogP contribution in [-0.2, 0) is 6.54 Å². The third-order valence-electron chi connectivity index (χ3n) is 3.54. The molecule has 1 aromatic heterocycles. The van der Waals surface area contributed by atoms with E-state index in [1.54, 1.807) is 26.0 Å². The number of carbonyl (C=O) groups excluding carboxylic acids is 1. The zero-order chi connectivity index (χ0) is 17.9. The number of nitrogens with one attached hydrogen (secondary N) is 1. The lowest BCUT2D eigenvalue weighted by Gasteiger charge is -2.10. The van der Waals surface area contributed by atoms with Crippen LogP contribution < -0.4 is 10.1 Å². The molecule has 1 N–H and O–H groups in total. The van der Waals surface area contributed by atoms with Gasteiger partial charge in [0.2, 0.25) is 0 Å². The van der Waals surface area contributed by atoms with Gasteiger partial charge in [-0.3, -0.25) is 19.6 Å². The first kappa shape index (κ1) is 17.7. The molecular weight excluding hydrogens is 336 g/mol. The molecule has 8 nitrogen and oxygen atoms in total. The van der Waals surface area contributed by atoms with Crippen molar-refractivity contribution in [3.63, 3.8) is 0 Å². The molecule has 0 aliphatic heterocycles. The van der Waals surface area contributed by atoms with Crippen molar-refractivity contribution in [2.75, 3.05) is 13.7 Å². The summed E-state index contributed by atoms with van der Waals surface area (Å²) >= 11 is 5.90. The summed E-state index contributed by atoms with van der Waals surface area (Å²) in [7, 11) is 1.47. The number of aryl methyl sites for hydroxylation is 1. The number of aromatic nitrogens is 2. The second-order valence-electron chi connectivity index (χ2n) is 5.10. The molecule has 0 bridgehead atoms. The average molecular weight is 353 g/mol. The SMILES string of the molecule is COc1ccc(Cl)cc1C(=O)NCCn1nc(C)c([N+](=O)[O-])c1C. The number of benzene rings is 1. The monoisotopic (exact) mass is 352 g/mol. The van der Waals surface area contributed by atoms with E-state index in [4.69, 9.17) is 16.3 Å². The van der Waals surface area contributed by atoms with Crippen LogP contribution in [-0.4, -0.2) is 34.3 Å². The Kier molecular flexibility index (Phi) is 5.40. The number of amides is 1. The molecule has 0 saturated heterocycles. The highest BCUT2D eigenvalue weighted by Gasteiger charge is 2.21. The number of hydrogen-bond donors (Lipinski definition) is 1. The number of methoxy groups -OCH3 is 1. The Bertz CT molecular complexity index is 788. The van der Waals surface area contributed by atoms with Crippen LogP contribution in [0.2, 0.25) is 5.02 Å². The fraction of sp³-hybridized carbons (Fsp3) is 0.333. The van der Waals surface area contributed by atoms with Crippen LogP contribution in [0.15, 0.2) is 18.2 Å². The second kappa shape index (κ2) is 7.31. The number of halogens is 1. The van der Waals surface area contributed by atoms with E-state index in [0.717, 1.165) is 0 Å². The van der Waals surface area contributed by atoms with Crippen molar-refractivity contribution in [2.24, 2.45) is 0 Å². The Morgan fingerprint density at radius 2 is 2.17 bits per heavy atom. The molecule has 0 unspecified atom stereocenters. The molecule has 2 rings (SSSR count). The first-order chi connectivity index (χ1) is 11.3. The van der Waals surface area contributed by atoms with Gasteiger partial charge in [-0.2, -0.15) is 5.10 Å². The fourth-order valence-electron chi connectivity index (χ4n) is 2.40. The highest BCUT2D eigenvalue weighted by Crippen LogP contribution is 2.23. The van der Waals surface area contributed by atoms with Gasteiger partial charge in [0.25, 0.3) is 5.91 Å². The van der Waals surface area contributed by atoms with Crippen LogP contribution in [0.1, 0.15) is 21.7 Å². The van der Waals surface area contributed by atoms with Gasteiger partial charge in [-0.05, 0) is 32.0 Å². The van der Waals surface area contributed by atoms with E-state index in [1.165, 1.54) is 17.9 Å². The zero-order valence-electron chi connectivity index (χ0n) is 13.5. The molecule has 2 aromatic rings. The summed E-state index contributed by atoms with van der Waals surface area (Å²) in [5.74, 6) is 0.0732. The minimum absolute atomic E-state index is 0.00200. The van der Waals surface area contributed by atoms with Crippen molar-refractivity contribution in [3.8, 4) is 5.75 Å². The van der Waals surface area contributed by atoms with Crippen molar-refractivity contribution in [2.45, 2.75) is 20.4 Å². The largest absolute Gasteiger partial charge is 0.496 e. The molecule has 0 saturated carbocycles. The van der Waals surface area contributed by atoms with Gasteiger partial charge in [0.15, 0.2) is 0 Å². The number of nitrogens with zero attached hydrogens (tertiary/aromatic N) is 3. The normalized spacial score (nSPS) is 10.5. The van der Waals surface area contributed by atoms with Crippen molar-refractivity contribution < 1.29 is 14.5 Å². The first-order valence-corrected chi connectivity index (χ1v) is 7.53. The van der Waals surface area contributed by atoms with Crippen LogP contribution in [0.5, 0.6) is 5.75 Å². The maximum Gasteiger partial charge on any atom is 0.312 e. The molecule has 0 atom stereocenters. The van der Waals surface area contributed by atoms with Crippen molar-refractivity contribution >= 4 is 23.2 Å². The van der Waals surface area contributed by atoms with Gasteiger partial charge in [0.05, 0.1) is 24.1 Å². The molecule has 128 valence electrons. The average Bonchev–Trinajstić information content (AvgIpc) is 2.81. The van der Waals surface area contributed by atoms with Gasteiger partial charge < -0.3 is 10.1 Å². The Labute approximate surface area is 143 Å².